The fraction of sp³-hybridized carbons (Fsp3) is 0.290. The predicted molar refractivity (Wildman–Crippen MR) is 158 cm³/mol. The van der Waals surface area contributed by atoms with Gasteiger partial charge in [-0.05, 0) is 55.3 Å². The van der Waals surface area contributed by atoms with E-state index in [2.05, 4.69) is 39.3 Å². The molecule has 6 rings (SSSR count). The van der Waals surface area contributed by atoms with Crippen molar-refractivity contribution in [3.63, 3.8) is 0 Å². The fourth-order valence-electron chi connectivity index (χ4n) is 5.56. The Morgan fingerprint density at radius 2 is 1.95 bits per heavy atom. The molecule has 5 heterocycles. The van der Waals surface area contributed by atoms with Gasteiger partial charge in [-0.25, -0.2) is 9.78 Å². The fourth-order valence-corrected chi connectivity index (χ4v) is 5.56. The maximum atomic E-state index is 13.4. The summed E-state index contributed by atoms with van der Waals surface area (Å²) in [4.78, 5) is 36.9. The molecule has 10 nitrogen and oxygen atoms in total. The van der Waals surface area contributed by atoms with Crippen LogP contribution in [-0.2, 0) is 11.8 Å². The van der Waals surface area contributed by atoms with E-state index in [1.54, 1.807) is 48.8 Å². The second-order valence-electron chi connectivity index (χ2n) is 10.4. The lowest BCUT2D eigenvalue weighted by Gasteiger charge is -2.43. The topological polar surface area (TPSA) is 111 Å². The van der Waals surface area contributed by atoms with Crippen LogP contribution in [0.25, 0.3) is 17.1 Å². The molecule has 41 heavy (non-hydrogen) atoms. The van der Waals surface area contributed by atoms with Crippen LogP contribution in [0.5, 0.6) is 5.75 Å². The number of Topliss-reactive ketones (excluding diaryl/α,β-unsaturated/α-hetero) is 1. The first-order chi connectivity index (χ1) is 19.9. The minimum atomic E-state index is -0.436. The first-order valence-corrected chi connectivity index (χ1v) is 13.8. The molecular formula is C31H32N6O4. The van der Waals surface area contributed by atoms with Gasteiger partial charge in [0, 0.05) is 55.4 Å². The summed E-state index contributed by atoms with van der Waals surface area (Å²) in [5.74, 6) is 0.417. The summed E-state index contributed by atoms with van der Waals surface area (Å²) in [5.41, 5.74) is 3.97. The number of amides is 2. The van der Waals surface area contributed by atoms with E-state index >= 15 is 0 Å². The van der Waals surface area contributed by atoms with Gasteiger partial charge in [0.2, 0.25) is 5.78 Å². The smallest absolute Gasteiger partial charge is 0.323 e. The molecule has 0 saturated carbocycles. The number of benzene rings is 1. The van der Waals surface area contributed by atoms with Gasteiger partial charge in [0.05, 0.1) is 35.3 Å². The third kappa shape index (κ3) is 5.02. The van der Waals surface area contributed by atoms with Gasteiger partial charge in [0.1, 0.15) is 11.4 Å². The first kappa shape index (κ1) is 26.5. The van der Waals surface area contributed by atoms with Gasteiger partial charge in [-0.15, -0.1) is 0 Å². The minimum Gasteiger partial charge on any atom is -0.452 e. The molecule has 4 aromatic rings. The minimum absolute atomic E-state index is 0.186. The average Bonchev–Trinajstić information content (AvgIpc) is 3.48. The van der Waals surface area contributed by atoms with Gasteiger partial charge < -0.3 is 29.6 Å². The molecule has 2 aliphatic heterocycles. The number of ether oxygens (including phenoxy) is 2. The molecule has 0 aliphatic carbocycles. The number of hydrogen-bond donors (Lipinski definition) is 2. The second-order valence-corrected chi connectivity index (χ2v) is 10.4. The van der Waals surface area contributed by atoms with Crippen molar-refractivity contribution in [1.82, 2.24) is 14.5 Å². The number of urea groups is 1. The number of ketones is 1. The van der Waals surface area contributed by atoms with Gasteiger partial charge >= 0.3 is 6.03 Å². The first-order valence-electron chi connectivity index (χ1n) is 13.8. The molecule has 1 fully saturated rings. The van der Waals surface area contributed by atoms with Crippen LogP contribution >= 0.6 is 0 Å². The number of morpholine rings is 1. The standard InChI is InChI=1S/C31H32N6O4/c1-4-31(5-2)19-37(13-14-40-31)24-10-12-33-29-27(24)20(18-36(29)3)15-26-28(38)23-16-21(8-9-25(23)41-26)34-30(39)35-22-7-6-11-32-17-22/h6-12,15-18H,4-5,13-14,19H2,1-3H3,(H2,34,35,39). The summed E-state index contributed by atoms with van der Waals surface area (Å²) in [6.07, 6.45) is 10.6. The molecule has 0 bridgehead atoms. The number of allylic oxidation sites excluding steroid dienone is 1. The number of anilines is 3. The number of rotatable bonds is 6. The number of nitrogens with one attached hydrogen (secondary N) is 2. The Kier molecular flexibility index (Phi) is 6.92. The van der Waals surface area contributed by atoms with Crippen molar-refractivity contribution < 1.29 is 19.1 Å². The molecule has 2 amide bonds. The molecule has 2 N–H and O–H groups in total. The highest BCUT2D eigenvalue weighted by molar-refractivity contribution is 6.16. The van der Waals surface area contributed by atoms with Crippen molar-refractivity contribution in [1.29, 1.82) is 0 Å². The Morgan fingerprint density at radius 3 is 2.73 bits per heavy atom. The van der Waals surface area contributed by atoms with Gasteiger partial charge in [0.15, 0.2) is 5.76 Å². The lowest BCUT2D eigenvalue weighted by atomic mass is 9.94. The number of nitrogens with zero attached hydrogens (tertiary/aromatic N) is 4. The number of hydrogen-bond acceptors (Lipinski definition) is 7. The van der Waals surface area contributed by atoms with Gasteiger partial charge in [-0.3, -0.25) is 9.78 Å². The number of carbonyl (C=O) groups is 2. The summed E-state index contributed by atoms with van der Waals surface area (Å²) in [7, 11) is 1.95. The lowest BCUT2D eigenvalue weighted by Crippen LogP contribution is -2.51. The van der Waals surface area contributed by atoms with Crippen LogP contribution in [0.15, 0.2) is 66.9 Å². The van der Waals surface area contributed by atoms with Gasteiger partial charge in [-0.1, -0.05) is 13.8 Å². The molecule has 2 aliphatic rings. The van der Waals surface area contributed by atoms with E-state index in [4.69, 9.17) is 9.47 Å². The van der Waals surface area contributed by atoms with E-state index in [0.717, 1.165) is 48.2 Å². The number of fused-ring (bicyclic) bond motifs is 2. The third-order valence-electron chi connectivity index (χ3n) is 7.87. The predicted octanol–water partition coefficient (Wildman–Crippen LogP) is 5.62. The van der Waals surface area contributed by atoms with Crippen LogP contribution in [0.2, 0.25) is 0 Å². The summed E-state index contributed by atoms with van der Waals surface area (Å²) in [6.45, 7) is 6.55. The van der Waals surface area contributed by atoms with Crippen LogP contribution < -0.4 is 20.3 Å². The second kappa shape index (κ2) is 10.7. The molecule has 0 spiro atoms. The SMILES string of the molecule is CCC1(CC)CN(c2ccnc3c2c(C=C2Oc4ccc(NC(=O)Nc5cccnc5)cc4C2=O)cn3C)CCO1. The summed E-state index contributed by atoms with van der Waals surface area (Å²) < 4.78 is 14.2. The zero-order valence-electron chi connectivity index (χ0n) is 23.3. The van der Waals surface area contributed by atoms with Crippen molar-refractivity contribution in [2.45, 2.75) is 32.3 Å². The number of aryl methyl sites for hydroxylation is 1. The van der Waals surface area contributed by atoms with Crippen molar-refractivity contribution in [3.8, 4) is 5.75 Å². The molecule has 1 saturated heterocycles. The van der Waals surface area contributed by atoms with E-state index in [-0.39, 0.29) is 17.1 Å². The van der Waals surface area contributed by atoms with Gasteiger partial charge in [0.25, 0.3) is 0 Å². The van der Waals surface area contributed by atoms with Gasteiger partial charge in [-0.2, -0.15) is 0 Å². The van der Waals surface area contributed by atoms with E-state index in [0.29, 0.717) is 29.3 Å². The monoisotopic (exact) mass is 552 g/mol. The zero-order chi connectivity index (χ0) is 28.6. The summed E-state index contributed by atoms with van der Waals surface area (Å²) in [5, 5.41) is 6.44. The summed E-state index contributed by atoms with van der Waals surface area (Å²) in [6, 6.07) is 10.1. The van der Waals surface area contributed by atoms with E-state index in [1.807, 2.05) is 30.1 Å². The highest BCUT2D eigenvalue weighted by Crippen LogP contribution is 2.38. The van der Waals surface area contributed by atoms with Crippen LogP contribution in [0.4, 0.5) is 21.9 Å². The number of carbonyl (C=O) groups excluding carboxylic acids is 2. The van der Waals surface area contributed by atoms with E-state index in [1.165, 1.54) is 0 Å². The summed E-state index contributed by atoms with van der Waals surface area (Å²) >= 11 is 0. The molecule has 0 atom stereocenters. The van der Waals surface area contributed by atoms with Crippen molar-refractivity contribution in [2.24, 2.45) is 7.05 Å². The normalized spacial score (nSPS) is 17.0. The Hall–Kier alpha value is -4.70. The Bertz CT molecular complexity index is 1660. The molecule has 0 unspecified atom stereocenters. The molecule has 3 aromatic heterocycles. The third-order valence-corrected chi connectivity index (χ3v) is 7.87. The molecule has 1 aromatic carbocycles. The Morgan fingerprint density at radius 1 is 1.12 bits per heavy atom. The van der Waals surface area contributed by atoms with E-state index in [9.17, 15) is 9.59 Å². The van der Waals surface area contributed by atoms with Crippen LogP contribution in [-0.4, -0.2) is 51.6 Å². The van der Waals surface area contributed by atoms with E-state index < -0.39 is 6.03 Å². The lowest BCUT2D eigenvalue weighted by molar-refractivity contribution is -0.0604. The largest absolute Gasteiger partial charge is 0.452 e. The molecule has 210 valence electrons. The van der Waals surface area contributed by atoms with Crippen LogP contribution in [0.1, 0.15) is 42.6 Å². The Labute approximate surface area is 238 Å². The number of pyridine rings is 2. The number of aromatic nitrogens is 3. The highest BCUT2D eigenvalue weighted by atomic mass is 16.5. The van der Waals surface area contributed by atoms with Crippen LogP contribution in [0, 0.1) is 0 Å². The van der Waals surface area contributed by atoms with Crippen LogP contribution in [0.3, 0.4) is 0 Å². The quantitative estimate of drug-likeness (QED) is 0.299. The molecule has 0 radical (unpaired) electrons. The van der Waals surface area contributed by atoms with Crippen molar-refractivity contribution in [3.05, 3.63) is 78.1 Å². The Balaban J connectivity index is 1.28. The zero-order valence-corrected chi connectivity index (χ0v) is 23.3. The highest BCUT2D eigenvalue weighted by Gasteiger charge is 2.35. The van der Waals surface area contributed by atoms with Crippen molar-refractivity contribution >= 4 is 46.0 Å². The maximum absolute atomic E-state index is 13.4. The molecule has 10 heteroatoms. The van der Waals surface area contributed by atoms with Crippen molar-refractivity contribution in [2.75, 3.05) is 35.2 Å². The molecular weight excluding hydrogens is 520 g/mol. The maximum Gasteiger partial charge on any atom is 0.323 e. The average molecular weight is 553 g/mol.